The molecule has 1 aliphatic rings. The highest BCUT2D eigenvalue weighted by atomic mass is 16.3. The fourth-order valence-electron chi connectivity index (χ4n) is 2.49. The third-order valence-corrected chi connectivity index (χ3v) is 3.50. The van der Waals surface area contributed by atoms with Crippen molar-refractivity contribution in [3.05, 3.63) is 18.5 Å². The number of carbonyl (C=O) groups excluding carboxylic acids is 1. The Morgan fingerprint density at radius 1 is 1.55 bits per heavy atom. The van der Waals surface area contributed by atoms with Crippen LogP contribution in [0.5, 0.6) is 0 Å². The van der Waals surface area contributed by atoms with Crippen LogP contribution in [0.2, 0.25) is 0 Å². The minimum atomic E-state index is -0.466. The average Bonchev–Trinajstić information content (AvgIpc) is 2.95. The lowest BCUT2D eigenvalue weighted by molar-refractivity contribution is -0.122. The zero-order valence-corrected chi connectivity index (χ0v) is 11.8. The number of aromatic nitrogens is 2. The zero-order chi connectivity index (χ0) is 14.4. The first-order chi connectivity index (χ1) is 9.72. The molecule has 2 heterocycles. The van der Waals surface area contributed by atoms with Crippen molar-refractivity contribution in [2.45, 2.75) is 44.8 Å². The number of nitrogens with one attached hydrogen (secondary N) is 1. The zero-order valence-electron chi connectivity index (χ0n) is 11.8. The monoisotopic (exact) mass is 278 g/mol. The highest BCUT2D eigenvalue weighted by Gasteiger charge is 2.32. The maximum atomic E-state index is 12.2. The number of nitrogens with zero attached hydrogens (tertiary/aromatic N) is 3. The minimum Gasteiger partial charge on any atom is -0.391 e. The van der Waals surface area contributed by atoms with Crippen molar-refractivity contribution in [1.29, 1.82) is 0 Å². The maximum absolute atomic E-state index is 12.2. The van der Waals surface area contributed by atoms with Crippen LogP contribution in [0.4, 0.5) is 5.95 Å². The summed E-state index contributed by atoms with van der Waals surface area (Å²) in [4.78, 5) is 22.6. The summed E-state index contributed by atoms with van der Waals surface area (Å²) in [7, 11) is 0. The van der Waals surface area contributed by atoms with Gasteiger partial charge in [0.25, 0.3) is 0 Å². The van der Waals surface area contributed by atoms with Crippen LogP contribution in [0.3, 0.4) is 0 Å². The van der Waals surface area contributed by atoms with Crippen LogP contribution in [0, 0.1) is 0 Å². The van der Waals surface area contributed by atoms with E-state index in [1.807, 2.05) is 11.8 Å². The second-order valence-electron chi connectivity index (χ2n) is 5.09. The molecule has 0 aliphatic carbocycles. The Hall–Kier alpha value is -1.69. The molecule has 1 aromatic heterocycles. The van der Waals surface area contributed by atoms with E-state index in [9.17, 15) is 9.90 Å². The summed E-state index contributed by atoms with van der Waals surface area (Å²) in [5, 5.41) is 12.5. The molecule has 2 N–H and O–H groups in total. The molecule has 1 saturated heterocycles. The van der Waals surface area contributed by atoms with Crippen LogP contribution in [-0.4, -0.2) is 46.2 Å². The van der Waals surface area contributed by atoms with Crippen LogP contribution in [0.15, 0.2) is 18.5 Å². The number of carbonyl (C=O) groups is 1. The van der Waals surface area contributed by atoms with Gasteiger partial charge in [0, 0.05) is 25.5 Å². The molecule has 0 bridgehead atoms. The van der Waals surface area contributed by atoms with Gasteiger partial charge in [0.1, 0.15) is 6.04 Å². The Morgan fingerprint density at radius 2 is 2.30 bits per heavy atom. The van der Waals surface area contributed by atoms with Gasteiger partial charge in [-0.25, -0.2) is 9.97 Å². The van der Waals surface area contributed by atoms with Crippen molar-refractivity contribution in [3.63, 3.8) is 0 Å². The first-order valence-electron chi connectivity index (χ1n) is 7.21. The Labute approximate surface area is 119 Å². The number of hydrogen-bond donors (Lipinski definition) is 2. The van der Waals surface area contributed by atoms with Crippen molar-refractivity contribution in [2.24, 2.45) is 0 Å². The topological polar surface area (TPSA) is 78.4 Å². The van der Waals surface area contributed by atoms with Crippen LogP contribution >= 0.6 is 0 Å². The molecule has 1 amide bonds. The van der Waals surface area contributed by atoms with Crippen LogP contribution in [0.25, 0.3) is 0 Å². The van der Waals surface area contributed by atoms with Crippen molar-refractivity contribution in [1.82, 2.24) is 15.3 Å². The van der Waals surface area contributed by atoms with E-state index in [-0.39, 0.29) is 11.9 Å². The van der Waals surface area contributed by atoms with E-state index in [1.54, 1.807) is 18.5 Å². The van der Waals surface area contributed by atoms with E-state index in [2.05, 4.69) is 15.3 Å². The highest BCUT2D eigenvalue weighted by Crippen LogP contribution is 2.21. The lowest BCUT2D eigenvalue weighted by Crippen LogP contribution is -2.46. The Morgan fingerprint density at radius 3 is 3.00 bits per heavy atom. The number of anilines is 1. The van der Waals surface area contributed by atoms with Gasteiger partial charge in [-0.1, -0.05) is 13.3 Å². The molecule has 6 nitrogen and oxygen atoms in total. The van der Waals surface area contributed by atoms with E-state index in [1.165, 1.54) is 0 Å². The molecule has 0 radical (unpaired) electrons. The average molecular weight is 278 g/mol. The van der Waals surface area contributed by atoms with Crippen molar-refractivity contribution < 1.29 is 9.90 Å². The van der Waals surface area contributed by atoms with Crippen LogP contribution < -0.4 is 10.2 Å². The molecule has 1 aromatic rings. The molecule has 20 heavy (non-hydrogen) atoms. The van der Waals surface area contributed by atoms with Gasteiger partial charge in [-0.05, 0) is 25.3 Å². The predicted molar refractivity (Wildman–Crippen MR) is 76.3 cm³/mol. The quantitative estimate of drug-likeness (QED) is 0.802. The summed E-state index contributed by atoms with van der Waals surface area (Å²) < 4.78 is 0. The predicted octanol–water partition coefficient (Wildman–Crippen LogP) is 0.723. The van der Waals surface area contributed by atoms with Gasteiger partial charge in [0.05, 0.1) is 6.10 Å². The molecule has 2 atom stereocenters. The first kappa shape index (κ1) is 14.7. The molecular weight excluding hydrogens is 256 g/mol. The maximum Gasteiger partial charge on any atom is 0.242 e. The van der Waals surface area contributed by atoms with Crippen molar-refractivity contribution >= 4 is 11.9 Å². The number of rotatable bonds is 6. The smallest absolute Gasteiger partial charge is 0.242 e. The van der Waals surface area contributed by atoms with Gasteiger partial charge in [-0.15, -0.1) is 0 Å². The number of aliphatic hydroxyl groups excluding tert-OH is 1. The van der Waals surface area contributed by atoms with Gasteiger partial charge in [0.2, 0.25) is 11.9 Å². The van der Waals surface area contributed by atoms with Crippen LogP contribution in [0.1, 0.15) is 32.6 Å². The van der Waals surface area contributed by atoms with E-state index in [0.29, 0.717) is 18.9 Å². The second kappa shape index (κ2) is 7.19. The third-order valence-electron chi connectivity index (χ3n) is 3.50. The number of hydrogen-bond acceptors (Lipinski definition) is 5. The summed E-state index contributed by atoms with van der Waals surface area (Å²) in [6, 6.07) is 1.53. The van der Waals surface area contributed by atoms with Gasteiger partial charge in [-0.3, -0.25) is 4.79 Å². The van der Waals surface area contributed by atoms with Crippen LogP contribution in [-0.2, 0) is 4.79 Å². The largest absolute Gasteiger partial charge is 0.391 e. The fraction of sp³-hybridized carbons (Fsp3) is 0.643. The molecule has 2 rings (SSSR count). The molecule has 110 valence electrons. The number of aliphatic hydroxyl groups is 1. The van der Waals surface area contributed by atoms with E-state index < -0.39 is 6.10 Å². The van der Waals surface area contributed by atoms with E-state index in [0.717, 1.165) is 25.8 Å². The molecule has 0 saturated carbocycles. The molecule has 6 heteroatoms. The summed E-state index contributed by atoms with van der Waals surface area (Å²) in [5.74, 6) is 0.546. The standard InChI is InChI=1S/C14H22N4O2/c1-2-5-11(19)10-17-13(20)12-6-3-9-18(12)14-15-7-4-8-16-14/h4,7-8,11-12,19H,2-3,5-6,9-10H2,1H3,(H,17,20). The van der Waals surface area contributed by atoms with Gasteiger partial charge in [0.15, 0.2) is 0 Å². The molecule has 2 unspecified atom stereocenters. The minimum absolute atomic E-state index is 0.0508. The number of amides is 1. The first-order valence-corrected chi connectivity index (χ1v) is 7.21. The van der Waals surface area contributed by atoms with Crippen molar-refractivity contribution in [3.8, 4) is 0 Å². The Balaban J connectivity index is 1.92. The summed E-state index contributed by atoms with van der Waals surface area (Å²) in [6.45, 7) is 3.11. The molecule has 1 aliphatic heterocycles. The molecular formula is C14H22N4O2. The third kappa shape index (κ3) is 3.66. The summed E-state index contributed by atoms with van der Waals surface area (Å²) in [5.41, 5.74) is 0. The fourth-order valence-corrected chi connectivity index (χ4v) is 2.49. The lowest BCUT2D eigenvalue weighted by atomic mass is 10.2. The van der Waals surface area contributed by atoms with Gasteiger partial charge in [-0.2, -0.15) is 0 Å². The van der Waals surface area contributed by atoms with Gasteiger partial charge >= 0.3 is 0 Å². The summed E-state index contributed by atoms with van der Waals surface area (Å²) in [6.07, 6.45) is 6.26. The SMILES string of the molecule is CCCC(O)CNC(=O)C1CCCN1c1ncccn1. The normalized spacial score (nSPS) is 19.9. The van der Waals surface area contributed by atoms with Crippen molar-refractivity contribution in [2.75, 3.05) is 18.0 Å². The van der Waals surface area contributed by atoms with E-state index >= 15 is 0 Å². The Bertz CT molecular complexity index is 426. The summed E-state index contributed by atoms with van der Waals surface area (Å²) >= 11 is 0. The lowest BCUT2D eigenvalue weighted by Gasteiger charge is -2.24. The van der Waals surface area contributed by atoms with Gasteiger partial charge < -0.3 is 15.3 Å². The Kier molecular flexibility index (Phi) is 5.29. The highest BCUT2D eigenvalue weighted by molar-refractivity contribution is 5.85. The van der Waals surface area contributed by atoms with E-state index in [4.69, 9.17) is 0 Å². The molecule has 0 aromatic carbocycles. The molecule has 1 fully saturated rings. The second-order valence-corrected chi connectivity index (χ2v) is 5.09. The molecule has 0 spiro atoms.